The minimum Gasteiger partial charge on any atom is -0.848 e. The number of ether oxygens (including phenoxy) is 6. The van der Waals surface area contributed by atoms with Gasteiger partial charge in [-0.25, -0.2) is 0 Å². The molecule has 6 aliphatic rings. The summed E-state index contributed by atoms with van der Waals surface area (Å²) in [5.74, 6) is 0. The van der Waals surface area contributed by atoms with Crippen LogP contribution in [0.4, 0.5) is 0 Å². The van der Waals surface area contributed by atoms with E-state index in [2.05, 4.69) is 0 Å². The molecule has 0 radical (unpaired) electrons. The highest BCUT2D eigenvalue weighted by atomic mass is 16.7. The lowest BCUT2D eigenvalue weighted by molar-refractivity contribution is -0.612. The van der Waals surface area contributed by atoms with Crippen LogP contribution in [0.1, 0.15) is 0 Å². The van der Waals surface area contributed by atoms with Crippen LogP contribution < -0.4 is 30.6 Å². The maximum absolute atomic E-state index is 13.2. The summed E-state index contributed by atoms with van der Waals surface area (Å²) in [7, 11) is 0. The van der Waals surface area contributed by atoms with E-state index >= 15 is 0 Å². The molecule has 0 spiro atoms. The van der Waals surface area contributed by atoms with Gasteiger partial charge in [0.05, 0.1) is 73.2 Å². The summed E-state index contributed by atoms with van der Waals surface area (Å²) in [5.41, 5.74) is 0. The molecule has 17 unspecified atom stereocenters. The molecule has 0 saturated carbocycles. The van der Waals surface area contributed by atoms with Crippen molar-refractivity contribution in [2.75, 3.05) is 0 Å². The molecule has 0 N–H and O–H groups in total. The largest absolute Gasteiger partial charge is 0.848 e. The van der Waals surface area contributed by atoms with Crippen molar-refractivity contribution >= 4 is 0 Å². The maximum atomic E-state index is 13.2. The second-order valence-electron chi connectivity index (χ2n) is 9.18. The molecule has 6 aliphatic heterocycles. The molecular weight excluding hydrogens is 408 g/mol. The van der Waals surface area contributed by atoms with E-state index in [0.717, 1.165) is 0 Å². The molecule has 18 atom stereocenters. The minimum atomic E-state index is -1.70. The molecule has 0 bridgehead atoms. The van der Waals surface area contributed by atoms with E-state index in [1.54, 1.807) is 0 Å². The third-order valence-corrected chi connectivity index (χ3v) is 7.71. The monoisotopic (exact) mass is 426 g/mol. The van der Waals surface area contributed by atoms with Gasteiger partial charge >= 0.3 is 0 Å². The summed E-state index contributed by atoms with van der Waals surface area (Å²) in [6, 6.07) is 0. The molecule has 168 valence electrons. The topological polar surface area (TPSA) is 194 Å². The van der Waals surface area contributed by atoms with Crippen LogP contribution in [-0.4, -0.2) is 110 Å². The van der Waals surface area contributed by atoms with E-state index < -0.39 is 110 Å². The zero-order chi connectivity index (χ0) is 20.6. The van der Waals surface area contributed by atoms with Crippen LogP contribution >= 0.6 is 0 Å². The van der Waals surface area contributed by atoms with Crippen molar-refractivity contribution in [2.24, 2.45) is 0 Å². The molecule has 6 fully saturated rings. The predicted octanol–water partition coefficient (Wildman–Crippen LogP) is -9.02. The van der Waals surface area contributed by atoms with E-state index in [1.807, 2.05) is 0 Å². The van der Waals surface area contributed by atoms with Crippen LogP contribution in [0.3, 0.4) is 0 Å². The van der Waals surface area contributed by atoms with Crippen molar-refractivity contribution < 1.29 is 59.1 Å². The predicted molar refractivity (Wildman–Crippen MR) is 74.7 cm³/mol. The first kappa shape index (κ1) is 19.0. The Balaban J connectivity index is 1.42. The van der Waals surface area contributed by atoms with Gasteiger partial charge in [-0.2, -0.15) is 0 Å². The van der Waals surface area contributed by atoms with Gasteiger partial charge in [0.2, 0.25) is 0 Å². The summed E-state index contributed by atoms with van der Waals surface area (Å²) in [4.78, 5) is 0. The Morgan fingerprint density at radius 2 is 0.333 bits per heavy atom. The number of rotatable bonds is 0. The van der Waals surface area contributed by atoms with Crippen LogP contribution in [0.25, 0.3) is 0 Å². The first-order valence-corrected chi connectivity index (χ1v) is 10.2. The Morgan fingerprint density at radius 1 is 0.233 bits per heavy atom. The molecule has 0 aliphatic carbocycles. The molecule has 6 saturated heterocycles. The van der Waals surface area contributed by atoms with E-state index in [1.165, 1.54) is 0 Å². The molecule has 0 amide bonds. The van der Waals surface area contributed by atoms with Gasteiger partial charge in [-0.3, -0.25) is 0 Å². The Bertz CT molecular complexity index is 535. The molecule has 0 aromatic heterocycles. The fourth-order valence-corrected chi connectivity index (χ4v) is 6.31. The minimum absolute atomic E-state index is 1.35. The molecule has 12 nitrogen and oxygen atoms in total. The first-order valence-electron chi connectivity index (χ1n) is 10.2. The molecule has 6 heterocycles. The first-order chi connectivity index (χ1) is 14.4. The average molecular weight is 426 g/mol. The highest BCUT2D eigenvalue weighted by Crippen LogP contribution is 2.46. The van der Waals surface area contributed by atoms with Crippen molar-refractivity contribution in [1.29, 1.82) is 0 Å². The van der Waals surface area contributed by atoms with E-state index in [0.29, 0.717) is 0 Å². The smallest absolute Gasteiger partial charge is 0.0733 e. The van der Waals surface area contributed by atoms with Gasteiger partial charge in [-0.05, 0) is 0 Å². The van der Waals surface area contributed by atoms with Gasteiger partial charge in [0.1, 0.15) is 0 Å². The van der Waals surface area contributed by atoms with E-state index in [4.69, 9.17) is 28.4 Å². The van der Waals surface area contributed by atoms with Gasteiger partial charge in [-0.1, -0.05) is 36.6 Å². The molecule has 0 aromatic carbocycles. The summed E-state index contributed by atoms with van der Waals surface area (Å²) in [6.45, 7) is 0. The maximum Gasteiger partial charge on any atom is 0.0733 e. The third kappa shape index (κ3) is 2.12. The summed E-state index contributed by atoms with van der Waals surface area (Å²) in [6.07, 6.45) is -26.4. The second kappa shape index (κ2) is 6.10. The average Bonchev–Trinajstić information content (AvgIpc) is 2.72. The molecule has 6 rings (SSSR count). The van der Waals surface area contributed by atoms with Crippen molar-refractivity contribution in [1.82, 2.24) is 0 Å². The fourth-order valence-electron chi connectivity index (χ4n) is 6.31. The quantitative estimate of drug-likeness (QED) is 0.355. The Hall–Kier alpha value is -0.480. The highest BCUT2D eigenvalue weighted by Gasteiger charge is 2.62. The van der Waals surface area contributed by atoms with Crippen molar-refractivity contribution in [3.8, 4) is 0 Å². The van der Waals surface area contributed by atoms with Gasteiger partial charge in [0.15, 0.2) is 0 Å². The number of fused-ring (bicyclic) bond motifs is 6. The van der Waals surface area contributed by atoms with Crippen LogP contribution in [0.5, 0.6) is 0 Å². The van der Waals surface area contributed by atoms with Crippen LogP contribution in [0.15, 0.2) is 0 Å². The van der Waals surface area contributed by atoms with Crippen molar-refractivity contribution in [2.45, 2.75) is 110 Å². The van der Waals surface area contributed by atoms with Gasteiger partial charge < -0.3 is 59.1 Å². The summed E-state index contributed by atoms with van der Waals surface area (Å²) < 4.78 is 34.3. The van der Waals surface area contributed by atoms with Crippen LogP contribution in [0.2, 0.25) is 0 Å². The lowest BCUT2D eigenvalue weighted by atomic mass is 9.74. The molecular formula is C18H18O12-6. The lowest BCUT2D eigenvalue weighted by Gasteiger charge is -2.72. The Labute approximate surface area is 169 Å². The zero-order valence-electron chi connectivity index (χ0n) is 15.3. The normalized spacial score (nSPS) is 70.2. The number of hydrogen-bond acceptors (Lipinski definition) is 12. The molecule has 30 heavy (non-hydrogen) atoms. The van der Waals surface area contributed by atoms with E-state index in [9.17, 15) is 30.6 Å². The highest BCUT2D eigenvalue weighted by molar-refractivity contribution is 5.15. The molecule has 12 heteroatoms. The second-order valence-corrected chi connectivity index (χ2v) is 9.18. The van der Waals surface area contributed by atoms with Gasteiger partial charge in [0.25, 0.3) is 0 Å². The zero-order valence-corrected chi connectivity index (χ0v) is 15.3. The summed E-state index contributed by atoms with van der Waals surface area (Å²) >= 11 is 0. The van der Waals surface area contributed by atoms with Crippen LogP contribution in [-0.2, 0) is 28.4 Å². The van der Waals surface area contributed by atoms with Crippen molar-refractivity contribution in [3.05, 3.63) is 0 Å². The summed E-state index contributed by atoms with van der Waals surface area (Å²) in [5, 5.41) is 79.0. The lowest BCUT2D eigenvalue weighted by Crippen LogP contribution is -2.88. The van der Waals surface area contributed by atoms with Gasteiger partial charge in [0, 0.05) is 0 Å². The Kier molecular flexibility index (Phi) is 3.87. The standard InChI is InChI=1S/C18H18O12/c19-1-7-9-2(20)13-11(25-7)4(22)15-17(28-13)6(24)18-16(30-15)5(23)12-14(29-18)3(21)10(27-9)8(1)26-12/h1-18H/q-6/t1?,2?,3?,4?,5?,6?,7-,8?,9?,10?,11?,12?,13?,14?,15?,16?,17?,18?/m0/s1. The van der Waals surface area contributed by atoms with Gasteiger partial charge in [-0.15, -0.1) is 0 Å². The molecule has 0 aromatic rings. The SMILES string of the molecule is [O-]C1C2OC3C([O-])C4OC5C([O-])C6OC1C1OC2C([O-])C3OC4C([O-])[C@@H]5OC6C1[O-]. The number of hydrogen-bond donors (Lipinski definition) is 0. The van der Waals surface area contributed by atoms with Crippen LogP contribution in [0, 0.1) is 0 Å². The van der Waals surface area contributed by atoms with Crippen molar-refractivity contribution in [3.63, 3.8) is 0 Å². The Morgan fingerprint density at radius 3 is 0.433 bits per heavy atom. The fraction of sp³-hybridized carbons (Fsp3) is 1.00. The third-order valence-electron chi connectivity index (χ3n) is 7.71. The van der Waals surface area contributed by atoms with E-state index in [-0.39, 0.29) is 0 Å².